The highest BCUT2D eigenvalue weighted by Gasteiger charge is 2.23. The SMILES string of the molecule is C1=C(c2ccccc2)N=C(c2cccc3c2ccc2nc(-c4ccccc4)cc(-c4ccccc4)c23)NC1c1cc(-c2ccccc2)cc(-c2ccccc2)c1. The Morgan fingerprint density at radius 1 is 0.393 bits per heavy atom. The summed E-state index contributed by atoms with van der Waals surface area (Å²) in [6.45, 7) is 0. The lowest BCUT2D eigenvalue weighted by molar-refractivity contribution is 0.782. The monoisotopic (exact) mass is 715 g/mol. The largest absolute Gasteiger partial charge is 0.359 e. The Morgan fingerprint density at radius 2 is 0.946 bits per heavy atom. The minimum Gasteiger partial charge on any atom is -0.359 e. The van der Waals surface area contributed by atoms with Crippen molar-refractivity contribution in [3.05, 3.63) is 229 Å². The molecule has 1 atom stereocenters. The molecule has 0 aliphatic carbocycles. The fourth-order valence-corrected chi connectivity index (χ4v) is 7.95. The third-order valence-electron chi connectivity index (χ3n) is 10.7. The van der Waals surface area contributed by atoms with Crippen LogP contribution in [0.2, 0.25) is 0 Å². The average Bonchev–Trinajstić information content (AvgIpc) is 3.29. The van der Waals surface area contributed by atoms with Crippen LogP contribution in [0.1, 0.15) is 22.7 Å². The van der Waals surface area contributed by atoms with Crippen molar-refractivity contribution in [3.8, 4) is 44.6 Å². The molecular formula is C53H37N3. The van der Waals surface area contributed by atoms with Crippen molar-refractivity contribution in [2.24, 2.45) is 4.99 Å². The number of hydrogen-bond acceptors (Lipinski definition) is 3. The number of fused-ring (bicyclic) bond motifs is 3. The van der Waals surface area contributed by atoms with Crippen LogP contribution >= 0.6 is 0 Å². The maximum atomic E-state index is 5.37. The van der Waals surface area contributed by atoms with Crippen molar-refractivity contribution in [1.29, 1.82) is 0 Å². The molecule has 0 spiro atoms. The second kappa shape index (κ2) is 14.5. The first-order chi connectivity index (χ1) is 27.7. The summed E-state index contributed by atoms with van der Waals surface area (Å²) in [5.41, 5.74) is 14.3. The van der Waals surface area contributed by atoms with E-state index in [-0.39, 0.29) is 6.04 Å². The van der Waals surface area contributed by atoms with Gasteiger partial charge in [0, 0.05) is 16.5 Å². The highest BCUT2D eigenvalue weighted by molar-refractivity contribution is 6.20. The third kappa shape index (κ3) is 6.36. The molecule has 2 heterocycles. The molecule has 8 aromatic carbocycles. The fourth-order valence-electron chi connectivity index (χ4n) is 7.95. The highest BCUT2D eigenvalue weighted by Crippen LogP contribution is 2.39. The topological polar surface area (TPSA) is 37.3 Å². The van der Waals surface area contributed by atoms with E-state index in [1.54, 1.807) is 0 Å². The van der Waals surface area contributed by atoms with Crippen molar-refractivity contribution in [2.45, 2.75) is 6.04 Å². The molecule has 3 nitrogen and oxygen atoms in total. The second-order valence-corrected chi connectivity index (χ2v) is 14.2. The normalized spacial score (nSPS) is 13.9. The van der Waals surface area contributed by atoms with Gasteiger partial charge in [0.15, 0.2) is 0 Å². The van der Waals surface area contributed by atoms with E-state index < -0.39 is 0 Å². The molecule has 56 heavy (non-hydrogen) atoms. The van der Waals surface area contributed by atoms with E-state index in [0.29, 0.717) is 0 Å². The van der Waals surface area contributed by atoms with E-state index in [9.17, 15) is 0 Å². The van der Waals surface area contributed by atoms with Gasteiger partial charge in [-0.15, -0.1) is 0 Å². The molecule has 1 aliphatic heterocycles. The summed E-state index contributed by atoms with van der Waals surface area (Å²) in [5.74, 6) is 0.836. The van der Waals surface area contributed by atoms with Gasteiger partial charge in [0.05, 0.1) is 22.9 Å². The first-order valence-electron chi connectivity index (χ1n) is 19.1. The summed E-state index contributed by atoms with van der Waals surface area (Å²) in [4.78, 5) is 10.6. The third-order valence-corrected chi connectivity index (χ3v) is 10.7. The maximum absolute atomic E-state index is 5.37. The molecule has 9 aromatic rings. The zero-order valence-corrected chi connectivity index (χ0v) is 30.7. The van der Waals surface area contributed by atoms with Crippen LogP contribution in [0.4, 0.5) is 0 Å². The van der Waals surface area contributed by atoms with E-state index in [1.807, 2.05) is 6.07 Å². The lowest BCUT2D eigenvalue weighted by Crippen LogP contribution is -2.31. The zero-order valence-electron chi connectivity index (χ0n) is 30.7. The van der Waals surface area contributed by atoms with Crippen LogP contribution < -0.4 is 5.32 Å². The van der Waals surface area contributed by atoms with Crippen LogP contribution in [0.15, 0.2) is 217 Å². The van der Waals surface area contributed by atoms with Gasteiger partial charge in [-0.3, -0.25) is 0 Å². The van der Waals surface area contributed by atoms with Crippen LogP contribution in [0, 0.1) is 0 Å². The minimum atomic E-state index is -0.144. The quantitative estimate of drug-likeness (QED) is 0.167. The number of aromatic nitrogens is 1. The predicted octanol–water partition coefficient (Wildman–Crippen LogP) is 13.2. The van der Waals surface area contributed by atoms with Gasteiger partial charge in [-0.25, -0.2) is 9.98 Å². The first kappa shape index (κ1) is 33.2. The van der Waals surface area contributed by atoms with E-state index in [1.165, 1.54) is 27.8 Å². The molecule has 0 saturated heterocycles. The van der Waals surface area contributed by atoms with Crippen LogP contribution in [0.3, 0.4) is 0 Å². The average molecular weight is 716 g/mol. The number of rotatable bonds is 7. The molecule has 1 unspecified atom stereocenters. The Kier molecular flexibility index (Phi) is 8.58. The Labute approximate surface area is 327 Å². The van der Waals surface area contributed by atoms with E-state index in [2.05, 4.69) is 212 Å². The summed E-state index contributed by atoms with van der Waals surface area (Å²) in [5, 5.41) is 7.31. The standard InChI is InChI=1S/C53H37N3/c1-6-17-36(18-7-1)41-31-42(37-19-8-2-9-20-37)33-43(32-41)51-35-50(40-25-14-5-15-26-40)55-53(56-51)46-28-16-27-45-44(46)29-30-48-52(45)47(38-21-10-3-11-22-38)34-49(54-48)39-23-12-4-13-24-39/h1-35,51H,(H,55,56). The summed E-state index contributed by atoms with van der Waals surface area (Å²) < 4.78 is 0. The molecule has 0 bridgehead atoms. The van der Waals surface area contributed by atoms with Gasteiger partial charge in [0.2, 0.25) is 0 Å². The summed E-state index contributed by atoms with van der Waals surface area (Å²) in [7, 11) is 0. The number of nitrogens with zero attached hydrogens (tertiary/aromatic N) is 2. The molecule has 0 amide bonds. The summed E-state index contributed by atoms with van der Waals surface area (Å²) in [6, 6.07) is 72.9. The van der Waals surface area contributed by atoms with Gasteiger partial charge in [0.1, 0.15) is 5.84 Å². The number of hydrogen-bond donors (Lipinski definition) is 1. The van der Waals surface area contributed by atoms with Crippen LogP contribution in [-0.4, -0.2) is 10.8 Å². The van der Waals surface area contributed by atoms with Crippen molar-refractivity contribution in [1.82, 2.24) is 10.3 Å². The van der Waals surface area contributed by atoms with Crippen molar-refractivity contribution in [3.63, 3.8) is 0 Å². The van der Waals surface area contributed by atoms with Gasteiger partial charge in [-0.2, -0.15) is 0 Å². The molecule has 0 saturated carbocycles. The van der Waals surface area contributed by atoms with Gasteiger partial charge < -0.3 is 5.32 Å². The molecule has 0 fully saturated rings. The number of benzene rings is 8. The molecule has 264 valence electrons. The smallest absolute Gasteiger partial charge is 0.135 e. The van der Waals surface area contributed by atoms with E-state index in [0.717, 1.165) is 66.7 Å². The molecule has 1 aliphatic rings. The lowest BCUT2D eigenvalue weighted by atomic mass is 9.91. The van der Waals surface area contributed by atoms with E-state index >= 15 is 0 Å². The fraction of sp³-hybridized carbons (Fsp3) is 0.0189. The predicted molar refractivity (Wildman–Crippen MR) is 234 cm³/mol. The van der Waals surface area contributed by atoms with E-state index in [4.69, 9.17) is 9.98 Å². The lowest BCUT2D eigenvalue weighted by Gasteiger charge is -2.26. The van der Waals surface area contributed by atoms with Crippen LogP contribution in [-0.2, 0) is 0 Å². The van der Waals surface area contributed by atoms with Crippen LogP contribution in [0.25, 0.3) is 72.0 Å². The number of nitrogens with one attached hydrogen (secondary N) is 1. The molecule has 1 aromatic heterocycles. The molecule has 3 heteroatoms. The molecular weight excluding hydrogens is 679 g/mol. The Morgan fingerprint density at radius 3 is 1.55 bits per heavy atom. The van der Waals surface area contributed by atoms with Crippen molar-refractivity contribution < 1.29 is 0 Å². The Balaban J connectivity index is 1.16. The summed E-state index contributed by atoms with van der Waals surface area (Å²) >= 11 is 0. The van der Waals surface area contributed by atoms with Crippen molar-refractivity contribution in [2.75, 3.05) is 0 Å². The van der Waals surface area contributed by atoms with Crippen LogP contribution in [0.5, 0.6) is 0 Å². The van der Waals surface area contributed by atoms with Crippen molar-refractivity contribution >= 4 is 33.2 Å². The minimum absolute atomic E-state index is 0.144. The highest BCUT2D eigenvalue weighted by atomic mass is 15.0. The number of pyridine rings is 1. The Bertz CT molecular complexity index is 2840. The van der Waals surface area contributed by atoms with Gasteiger partial charge in [-0.05, 0) is 91.7 Å². The zero-order chi connectivity index (χ0) is 37.3. The van der Waals surface area contributed by atoms with Gasteiger partial charge in [0.25, 0.3) is 0 Å². The molecule has 10 rings (SSSR count). The Hall–Kier alpha value is -7.36. The summed E-state index contributed by atoms with van der Waals surface area (Å²) in [6.07, 6.45) is 2.26. The van der Waals surface area contributed by atoms with Gasteiger partial charge >= 0.3 is 0 Å². The molecule has 1 N–H and O–H groups in total. The molecule has 0 radical (unpaired) electrons. The number of aliphatic imine (C=N–C) groups is 1. The first-order valence-corrected chi connectivity index (χ1v) is 19.1. The maximum Gasteiger partial charge on any atom is 0.135 e. The van der Waals surface area contributed by atoms with Gasteiger partial charge in [-0.1, -0.05) is 176 Å². The second-order valence-electron chi connectivity index (χ2n) is 14.2. The number of amidine groups is 1.